The van der Waals surface area contributed by atoms with Gasteiger partial charge in [-0.1, -0.05) is 13.8 Å². The minimum absolute atomic E-state index is 0.0291. The molecule has 2 aliphatic rings. The molecule has 1 amide bonds. The maximum Gasteiger partial charge on any atom is 0.237 e. The highest BCUT2D eigenvalue weighted by atomic mass is 16.3. The molecule has 2 saturated heterocycles. The third-order valence-electron chi connectivity index (χ3n) is 4.29. The van der Waals surface area contributed by atoms with Crippen LogP contribution in [-0.4, -0.2) is 60.3 Å². The van der Waals surface area contributed by atoms with Gasteiger partial charge in [0.25, 0.3) is 0 Å². The first kappa shape index (κ1) is 14.8. The monoisotopic (exact) mass is 269 g/mol. The Hall–Kier alpha value is -0.650. The van der Waals surface area contributed by atoms with Gasteiger partial charge in [0, 0.05) is 19.1 Å². The van der Waals surface area contributed by atoms with Gasteiger partial charge in [-0.05, 0) is 38.3 Å². The quantitative estimate of drug-likeness (QED) is 0.654. The van der Waals surface area contributed by atoms with Gasteiger partial charge in [-0.25, -0.2) is 0 Å². The Morgan fingerprint density at radius 1 is 1.42 bits per heavy atom. The number of nitrogens with one attached hydrogen (secondary N) is 2. The molecular weight excluding hydrogens is 242 g/mol. The smallest absolute Gasteiger partial charge is 0.237 e. The third-order valence-corrected chi connectivity index (χ3v) is 4.29. The Balaban J connectivity index is 1.79. The fourth-order valence-electron chi connectivity index (χ4n) is 3.10. The van der Waals surface area contributed by atoms with Crippen molar-refractivity contribution >= 4 is 5.91 Å². The highest BCUT2D eigenvalue weighted by molar-refractivity contribution is 5.82. The van der Waals surface area contributed by atoms with Gasteiger partial charge in [-0.2, -0.15) is 0 Å². The second-order valence-electron chi connectivity index (χ2n) is 6.15. The molecule has 0 saturated carbocycles. The van der Waals surface area contributed by atoms with E-state index in [1.807, 2.05) is 0 Å². The van der Waals surface area contributed by atoms with Crippen molar-refractivity contribution in [3.05, 3.63) is 0 Å². The lowest BCUT2D eigenvalue weighted by Crippen LogP contribution is -2.49. The van der Waals surface area contributed by atoms with Crippen molar-refractivity contribution < 1.29 is 9.90 Å². The Morgan fingerprint density at radius 2 is 2.11 bits per heavy atom. The molecule has 19 heavy (non-hydrogen) atoms. The molecule has 0 aromatic heterocycles. The maximum atomic E-state index is 12.0. The van der Waals surface area contributed by atoms with E-state index >= 15 is 0 Å². The SMILES string of the molecule is CC(C)C(CNC(=O)C1CC(O)CN1)N1CCCC1. The van der Waals surface area contributed by atoms with Crippen LogP contribution in [0.25, 0.3) is 0 Å². The van der Waals surface area contributed by atoms with Gasteiger partial charge in [-0.3, -0.25) is 9.69 Å². The number of carbonyl (C=O) groups excluding carboxylic acids is 1. The lowest BCUT2D eigenvalue weighted by Gasteiger charge is -2.31. The van der Waals surface area contributed by atoms with E-state index in [1.165, 1.54) is 12.8 Å². The van der Waals surface area contributed by atoms with E-state index in [9.17, 15) is 9.90 Å². The lowest BCUT2D eigenvalue weighted by molar-refractivity contribution is -0.123. The summed E-state index contributed by atoms with van der Waals surface area (Å²) in [6, 6.07) is 0.208. The number of hydrogen-bond acceptors (Lipinski definition) is 4. The number of likely N-dealkylation sites (tertiary alicyclic amines) is 1. The average Bonchev–Trinajstić information content (AvgIpc) is 3.00. The van der Waals surface area contributed by atoms with Gasteiger partial charge < -0.3 is 15.7 Å². The van der Waals surface area contributed by atoms with E-state index in [-0.39, 0.29) is 18.1 Å². The lowest BCUT2D eigenvalue weighted by atomic mass is 10.0. The molecule has 3 atom stereocenters. The number of hydrogen-bond donors (Lipinski definition) is 3. The van der Waals surface area contributed by atoms with Crippen LogP contribution in [0.5, 0.6) is 0 Å². The second kappa shape index (κ2) is 6.68. The topological polar surface area (TPSA) is 64.6 Å². The molecule has 3 N–H and O–H groups in total. The Kier molecular flexibility index (Phi) is 5.19. The molecule has 0 radical (unpaired) electrons. The van der Waals surface area contributed by atoms with Crippen molar-refractivity contribution in [2.75, 3.05) is 26.2 Å². The number of aliphatic hydroxyl groups is 1. The first-order valence-electron chi connectivity index (χ1n) is 7.51. The van der Waals surface area contributed by atoms with Crippen LogP contribution < -0.4 is 10.6 Å². The molecule has 0 aliphatic carbocycles. The van der Waals surface area contributed by atoms with Crippen LogP contribution >= 0.6 is 0 Å². The van der Waals surface area contributed by atoms with E-state index in [1.54, 1.807) is 0 Å². The second-order valence-corrected chi connectivity index (χ2v) is 6.15. The van der Waals surface area contributed by atoms with Crippen molar-refractivity contribution in [1.82, 2.24) is 15.5 Å². The zero-order valence-corrected chi connectivity index (χ0v) is 12.1. The van der Waals surface area contributed by atoms with E-state index in [4.69, 9.17) is 0 Å². The molecule has 0 bridgehead atoms. The van der Waals surface area contributed by atoms with Crippen molar-refractivity contribution in [2.24, 2.45) is 5.92 Å². The summed E-state index contributed by atoms with van der Waals surface area (Å²) in [5.74, 6) is 0.571. The summed E-state index contributed by atoms with van der Waals surface area (Å²) in [5.41, 5.74) is 0. The number of carbonyl (C=O) groups is 1. The minimum Gasteiger partial charge on any atom is -0.392 e. The number of aliphatic hydroxyl groups excluding tert-OH is 1. The summed E-state index contributed by atoms with van der Waals surface area (Å²) in [6.07, 6.45) is 2.69. The Labute approximate surface area is 115 Å². The fourth-order valence-corrected chi connectivity index (χ4v) is 3.10. The summed E-state index contributed by atoms with van der Waals surface area (Å²) in [6.45, 7) is 7.97. The van der Waals surface area contributed by atoms with Crippen molar-refractivity contribution in [3.63, 3.8) is 0 Å². The van der Waals surface area contributed by atoms with Crippen LogP contribution in [0.15, 0.2) is 0 Å². The van der Waals surface area contributed by atoms with Gasteiger partial charge in [0.2, 0.25) is 5.91 Å². The highest BCUT2D eigenvalue weighted by Crippen LogP contribution is 2.17. The van der Waals surface area contributed by atoms with Crippen LogP contribution in [0.2, 0.25) is 0 Å². The van der Waals surface area contributed by atoms with Gasteiger partial charge in [0.1, 0.15) is 0 Å². The molecular formula is C14H27N3O2. The van der Waals surface area contributed by atoms with Crippen LogP contribution in [-0.2, 0) is 4.79 Å². The number of β-amino-alcohol motifs (C(OH)–C–C–N with tert-alkyl or cyclic N) is 1. The molecule has 2 heterocycles. The van der Waals surface area contributed by atoms with Gasteiger partial charge in [0.15, 0.2) is 0 Å². The van der Waals surface area contributed by atoms with Gasteiger partial charge >= 0.3 is 0 Å². The molecule has 5 nitrogen and oxygen atoms in total. The van der Waals surface area contributed by atoms with Gasteiger partial charge in [-0.15, -0.1) is 0 Å². The predicted octanol–water partition coefficient (Wildman–Crippen LogP) is -0.0542. The summed E-state index contributed by atoms with van der Waals surface area (Å²) in [4.78, 5) is 14.5. The predicted molar refractivity (Wildman–Crippen MR) is 74.9 cm³/mol. The molecule has 0 aromatic carbocycles. The highest BCUT2D eigenvalue weighted by Gasteiger charge is 2.30. The van der Waals surface area contributed by atoms with Crippen molar-refractivity contribution in [1.29, 1.82) is 0 Å². The Morgan fingerprint density at radius 3 is 2.63 bits per heavy atom. The Bertz CT molecular complexity index is 303. The number of rotatable bonds is 5. The average molecular weight is 269 g/mol. The summed E-state index contributed by atoms with van der Waals surface area (Å²) in [5, 5.41) is 15.5. The van der Waals surface area contributed by atoms with Crippen LogP contribution in [0.4, 0.5) is 0 Å². The fraction of sp³-hybridized carbons (Fsp3) is 0.929. The number of amides is 1. The number of nitrogens with zero attached hydrogens (tertiary/aromatic N) is 1. The summed E-state index contributed by atoms with van der Waals surface area (Å²) < 4.78 is 0. The minimum atomic E-state index is -0.379. The molecule has 110 valence electrons. The molecule has 2 fully saturated rings. The van der Waals surface area contributed by atoms with Crippen LogP contribution in [0.1, 0.15) is 33.1 Å². The van der Waals surface area contributed by atoms with Crippen LogP contribution in [0, 0.1) is 5.92 Å². The molecule has 0 aromatic rings. The standard InChI is InChI=1S/C14H27N3O2/c1-10(2)13(17-5-3-4-6-17)9-16-14(19)12-7-11(18)8-15-12/h10-13,15,18H,3-9H2,1-2H3,(H,16,19). The van der Waals surface area contributed by atoms with Gasteiger partial charge in [0.05, 0.1) is 12.1 Å². The van der Waals surface area contributed by atoms with E-state index in [2.05, 4.69) is 29.4 Å². The van der Waals surface area contributed by atoms with E-state index < -0.39 is 0 Å². The largest absolute Gasteiger partial charge is 0.392 e. The molecule has 2 rings (SSSR count). The molecule has 3 unspecified atom stereocenters. The zero-order valence-electron chi connectivity index (χ0n) is 12.1. The third kappa shape index (κ3) is 3.91. The summed E-state index contributed by atoms with van der Waals surface area (Å²) in [7, 11) is 0. The van der Waals surface area contributed by atoms with Crippen LogP contribution in [0.3, 0.4) is 0 Å². The zero-order chi connectivity index (χ0) is 13.8. The molecule has 2 aliphatic heterocycles. The summed E-state index contributed by atoms with van der Waals surface area (Å²) >= 11 is 0. The molecule has 5 heteroatoms. The maximum absolute atomic E-state index is 12.0. The first-order chi connectivity index (χ1) is 9.08. The van der Waals surface area contributed by atoms with E-state index in [0.29, 0.717) is 31.5 Å². The normalized spacial score (nSPS) is 29.9. The van der Waals surface area contributed by atoms with Crippen molar-refractivity contribution in [2.45, 2.75) is 51.3 Å². The van der Waals surface area contributed by atoms with Crippen molar-refractivity contribution in [3.8, 4) is 0 Å². The van der Waals surface area contributed by atoms with E-state index in [0.717, 1.165) is 13.1 Å². The first-order valence-corrected chi connectivity index (χ1v) is 7.51. The molecule has 0 spiro atoms.